The van der Waals surface area contributed by atoms with Gasteiger partial charge in [-0.1, -0.05) is 29.8 Å². The maximum atomic E-state index is 12.3. The predicted octanol–water partition coefficient (Wildman–Crippen LogP) is 1.74. The van der Waals surface area contributed by atoms with Crippen LogP contribution < -0.4 is 5.32 Å². The van der Waals surface area contributed by atoms with Crippen molar-refractivity contribution in [1.82, 2.24) is 10.2 Å². The molecule has 0 saturated heterocycles. The first-order valence-electron chi connectivity index (χ1n) is 6.86. The molecule has 0 fully saturated rings. The topological polar surface area (TPSA) is 66.5 Å². The van der Waals surface area contributed by atoms with Crippen molar-refractivity contribution in [1.29, 1.82) is 0 Å². The summed E-state index contributed by atoms with van der Waals surface area (Å²) in [6, 6.07) is 6.48. The van der Waals surface area contributed by atoms with Gasteiger partial charge in [0.1, 0.15) is 11.8 Å². The Bertz CT molecular complexity index is 578. The van der Waals surface area contributed by atoms with Crippen molar-refractivity contribution in [2.24, 2.45) is 0 Å². The SMILES string of the molecule is C[C@H](NC(=O)C[S@](=O)[C@H](C)c1ccccc1Cl)C(=O)N(C)C. The first-order valence-corrected chi connectivity index (χ1v) is 8.62. The Hall–Kier alpha value is -1.40. The summed E-state index contributed by atoms with van der Waals surface area (Å²) in [5.74, 6) is -0.796. The average Bonchev–Trinajstić information content (AvgIpc) is 2.45. The normalized spacial score (nSPS) is 14.8. The highest BCUT2D eigenvalue weighted by atomic mass is 35.5. The number of nitrogens with zero attached hydrogens (tertiary/aromatic N) is 1. The Labute approximate surface area is 138 Å². The van der Waals surface area contributed by atoms with Crippen LogP contribution in [0.2, 0.25) is 5.02 Å². The lowest BCUT2D eigenvalue weighted by atomic mass is 10.2. The number of likely N-dealkylation sites (N-methyl/N-ethyl adjacent to an activating group) is 1. The number of halogens is 1. The molecule has 22 heavy (non-hydrogen) atoms. The van der Waals surface area contributed by atoms with Crippen molar-refractivity contribution in [3.05, 3.63) is 34.9 Å². The van der Waals surface area contributed by atoms with E-state index in [1.807, 2.05) is 6.07 Å². The summed E-state index contributed by atoms with van der Waals surface area (Å²) in [5, 5.41) is 2.72. The van der Waals surface area contributed by atoms with Crippen molar-refractivity contribution in [3.63, 3.8) is 0 Å². The third-order valence-corrected chi connectivity index (χ3v) is 5.13. The van der Waals surface area contributed by atoms with Gasteiger partial charge in [0.15, 0.2) is 0 Å². The zero-order chi connectivity index (χ0) is 16.9. The van der Waals surface area contributed by atoms with Crippen molar-refractivity contribution in [2.45, 2.75) is 25.1 Å². The van der Waals surface area contributed by atoms with Gasteiger partial charge in [0, 0.05) is 29.9 Å². The van der Waals surface area contributed by atoms with E-state index in [9.17, 15) is 13.8 Å². The molecule has 0 aliphatic carbocycles. The molecule has 122 valence electrons. The summed E-state index contributed by atoms with van der Waals surface area (Å²) in [6.45, 7) is 3.36. The van der Waals surface area contributed by atoms with Gasteiger partial charge < -0.3 is 10.2 Å². The molecule has 0 saturated carbocycles. The summed E-state index contributed by atoms with van der Waals surface area (Å²) in [4.78, 5) is 25.0. The smallest absolute Gasteiger partial charge is 0.244 e. The quantitative estimate of drug-likeness (QED) is 0.854. The van der Waals surface area contributed by atoms with E-state index in [0.29, 0.717) is 5.02 Å². The van der Waals surface area contributed by atoms with Crippen LogP contribution in [-0.4, -0.2) is 46.8 Å². The van der Waals surface area contributed by atoms with Crippen LogP contribution >= 0.6 is 11.6 Å². The second kappa shape index (κ2) is 8.29. The van der Waals surface area contributed by atoms with Gasteiger partial charge in [0.25, 0.3) is 0 Å². The molecule has 0 spiro atoms. The van der Waals surface area contributed by atoms with Crippen LogP contribution in [0.3, 0.4) is 0 Å². The number of hydrogen-bond acceptors (Lipinski definition) is 3. The minimum absolute atomic E-state index is 0.169. The van der Waals surface area contributed by atoms with Gasteiger partial charge in [-0.25, -0.2) is 0 Å². The largest absolute Gasteiger partial charge is 0.347 e. The van der Waals surface area contributed by atoms with Crippen molar-refractivity contribution >= 4 is 34.2 Å². The molecule has 2 amide bonds. The molecule has 7 heteroatoms. The monoisotopic (exact) mass is 344 g/mol. The van der Waals surface area contributed by atoms with Crippen LogP contribution in [0.1, 0.15) is 24.7 Å². The molecular weight excluding hydrogens is 324 g/mol. The number of hydrogen-bond donors (Lipinski definition) is 1. The van der Waals surface area contributed by atoms with Crippen LogP contribution in [0.5, 0.6) is 0 Å². The van der Waals surface area contributed by atoms with E-state index in [0.717, 1.165) is 5.56 Å². The third-order valence-electron chi connectivity index (χ3n) is 3.20. The van der Waals surface area contributed by atoms with E-state index in [-0.39, 0.29) is 16.9 Å². The van der Waals surface area contributed by atoms with E-state index in [1.165, 1.54) is 4.90 Å². The first-order chi connectivity index (χ1) is 10.2. The number of benzene rings is 1. The third kappa shape index (κ3) is 5.10. The fourth-order valence-electron chi connectivity index (χ4n) is 1.93. The van der Waals surface area contributed by atoms with Gasteiger partial charge in [-0.05, 0) is 25.5 Å². The summed E-state index contributed by atoms with van der Waals surface area (Å²) in [7, 11) is 1.81. The molecule has 0 radical (unpaired) electrons. The Morgan fingerprint density at radius 1 is 1.27 bits per heavy atom. The molecule has 1 rings (SSSR count). The van der Waals surface area contributed by atoms with Crippen molar-refractivity contribution < 1.29 is 13.8 Å². The lowest BCUT2D eigenvalue weighted by molar-refractivity contribution is -0.133. The van der Waals surface area contributed by atoms with Gasteiger partial charge >= 0.3 is 0 Å². The van der Waals surface area contributed by atoms with Gasteiger partial charge in [-0.15, -0.1) is 0 Å². The zero-order valence-electron chi connectivity index (χ0n) is 13.1. The lowest BCUT2D eigenvalue weighted by Crippen LogP contribution is -2.45. The van der Waals surface area contributed by atoms with Gasteiger partial charge in [-0.2, -0.15) is 0 Å². The van der Waals surface area contributed by atoms with Crippen molar-refractivity contribution in [3.8, 4) is 0 Å². The molecule has 3 atom stereocenters. The summed E-state index contributed by atoms with van der Waals surface area (Å²) in [5.41, 5.74) is 0.743. The fraction of sp³-hybridized carbons (Fsp3) is 0.467. The predicted molar refractivity (Wildman–Crippen MR) is 89.2 cm³/mol. The van der Waals surface area contributed by atoms with Crippen molar-refractivity contribution in [2.75, 3.05) is 19.8 Å². The number of nitrogens with one attached hydrogen (secondary N) is 1. The standard InChI is InChI=1S/C15H21ClN2O3S/c1-10(15(20)18(3)4)17-14(19)9-22(21)11(2)12-7-5-6-8-13(12)16/h5-8,10-11H,9H2,1-4H3,(H,17,19)/t10-,11+,22-/m0/s1. The first kappa shape index (κ1) is 18.6. The molecule has 0 aliphatic heterocycles. The van der Waals surface area contributed by atoms with Crippen LogP contribution in [0.25, 0.3) is 0 Å². The summed E-state index contributed by atoms with van der Waals surface area (Å²) >= 11 is 6.08. The molecule has 1 N–H and O–H groups in total. The fourth-order valence-corrected chi connectivity index (χ4v) is 3.38. The van der Waals surface area contributed by atoms with E-state index in [4.69, 9.17) is 11.6 Å². The number of carbonyl (C=O) groups is 2. The number of carbonyl (C=O) groups excluding carboxylic acids is 2. The maximum absolute atomic E-state index is 12.3. The number of rotatable bonds is 6. The van der Waals surface area contributed by atoms with Crippen LogP contribution in [0, 0.1) is 0 Å². The van der Waals surface area contributed by atoms with E-state index >= 15 is 0 Å². The molecule has 0 unspecified atom stereocenters. The van der Waals surface area contributed by atoms with Gasteiger partial charge in [-0.3, -0.25) is 13.8 Å². The molecule has 0 bridgehead atoms. The Morgan fingerprint density at radius 3 is 2.41 bits per heavy atom. The highest BCUT2D eigenvalue weighted by molar-refractivity contribution is 7.86. The van der Waals surface area contributed by atoms with Gasteiger partial charge in [0.2, 0.25) is 11.8 Å². The molecule has 0 aromatic heterocycles. The Morgan fingerprint density at radius 2 is 1.86 bits per heavy atom. The van der Waals surface area contributed by atoms with Crippen LogP contribution in [0.15, 0.2) is 24.3 Å². The molecule has 0 aliphatic rings. The van der Waals surface area contributed by atoms with Crippen LogP contribution in [0.4, 0.5) is 0 Å². The Kier molecular flexibility index (Phi) is 7.03. The van der Waals surface area contributed by atoms with E-state index < -0.39 is 22.7 Å². The molecule has 1 aromatic carbocycles. The minimum Gasteiger partial charge on any atom is -0.347 e. The van der Waals surface area contributed by atoms with E-state index in [1.54, 1.807) is 46.1 Å². The summed E-state index contributed by atoms with van der Waals surface area (Å²) in [6.07, 6.45) is 0. The number of amides is 2. The van der Waals surface area contributed by atoms with Gasteiger partial charge in [0.05, 0.1) is 5.25 Å². The maximum Gasteiger partial charge on any atom is 0.244 e. The second-order valence-electron chi connectivity index (χ2n) is 5.21. The highest BCUT2D eigenvalue weighted by Crippen LogP contribution is 2.26. The Balaban J connectivity index is 2.63. The minimum atomic E-state index is -1.42. The van der Waals surface area contributed by atoms with Crippen LogP contribution in [-0.2, 0) is 20.4 Å². The van der Waals surface area contributed by atoms with E-state index in [2.05, 4.69) is 5.32 Å². The molecular formula is C15H21ClN2O3S. The lowest BCUT2D eigenvalue weighted by Gasteiger charge is -2.18. The molecule has 5 nitrogen and oxygen atoms in total. The molecule has 1 aromatic rings. The molecule has 0 heterocycles. The average molecular weight is 345 g/mol. The second-order valence-corrected chi connectivity index (χ2v) is 7.38. The highest BCUT2D eigenvalue weighted by Gasteiger charge is 2.22. The summed E-state index contributed by atoms with van der Waals surface area (Å²) < 4.78 is 12.3. The zero-order valence-corrected chi connectivity index (χ0v) is 14.7.